The van der Waals surface area contributed by atoms with Crippen molar-refractivity contribution in [1.82, 2.24) is 5.32 Å². The molecule has 18 heavy (non-hydrogen) atoms. The molecule has 0 heterocycles. The summed E-state index contributed by atoms with van der Waals surface area (Å²) >= 11 is 6.14. The second-order valence-corrected chi connectivity index (χ2v) is 5.61. The Balaban J connectivity index is 1.89. The highest BCUT2D eigenvalue weighted by Gasteiger charge is 2.37. The first kappa shape index (κ1) is 13.7. The van der Waals surface area contributed by atoms with E-state index < -0.39 is 0 Å². The Kier molecular flexibility index (Phi) is 4.15. The lowest BCUT2D eigenvalue weighted by Gasteiger charge is -2.13. The first-order valence-corrected chi connectivity index (χ1v) is 6.74. The van der Waals surface area contributed by atoms with Gasteiger partial charge in [0.05, 0.1) is 7.11 Å². The third kappa shape index (κ3) is 3.37. The van der Waals surface area contributed by atoms with Gasteiger partial charge in [-0.1, -0.05) is 11.6 Å². The van der Waals surface area contributed by atoms with Crippen LogP contribution >= 0.6 is 11.6 Å². The fraction of sp³-hybridized carbons (Fsp3) is 0.571. The maximum absolute atomic E-state index is 6.14. The first-order chi connectivity index (χ1) is 8.54. The van der Waals surface area contributed by atoms with Crippen LogP contribution in [-0.4, -0.2) is 25.7 Å². The van der Waals surface area contributed by atoms with Crippen LogP contribution in [0.1, 0.15) is 24.0 Å². The minimum absolute atomic E-state index is 0.0645. The number of hydrogen-bond acceptors (Lipinski definition) is 3. The molecule has 0 aromatic heterocycles. The van der Waals surface area contributed by atoms with E-state index in [-0.39, 0.29) is 5.54 Å². The Morgan fingerprint density at radius 3 is 2.78 bits per heavy atom. The summed E-state index contributed by atoms with van der Waals surface area (Å²) in [6.07, 6.45) is 3.18. The van der Waals surface area contributed by atoms with Crippen molar-refractivity contribution < 1.29 is 4.74 Å². The molecule has 1 aliphatic carbocycles. The molecule has 1 saturated carbocycles. The molecular formula is C14H21ClN2O. The molecule has 0 unspecified atom stereocenters. The Bertz CT molecular complexity index is 430. The maximum Gasteiger partial charge on any atom is 0.122 e. The van der Waals surface area contributed by atoms with Crippen LogP contribution in [0.25, 0.3) is 0 Å². The van der Waals surface area contributed by atoms with Crippen LogP contribution in [0.15, 0.2) is 12.1 Å². The van der Waals surface area contributed by atoms with Crippen molar-refractivity contribution in [1.29, 1.82) is 0 Å². The molecule has 0 aliphatic heterocycles. The van der Waals surface area contributed by atoms with Gasteiger partial charge in [-0.05, 0) is 56.0 Å². The van der Waals surface area contributed by atoms with E-state index in [0.717, 1.165) is 54.3 Å². The van der Waals surface area contributed by atoms with E-state index in [4.69, 9.17) is 22.1 Å². The van der Waals surface area contributed by atoms with Crippen molar-refractivity contribution in [2.45, 2.75) is 31.7 Å². The quantitative estimate of drug-likeness (QED) is 0.778. The summed E-state index contributed by atoms with van der Waals surface area (Å²) in [5.41, 5.74) is 8.27. The Morgan fingerprint density at radius 2 is 2.17 bits per heavy atom. The topological polar surface area (TPSA) is 47.3 Å². The standard InChI is InChI=1S/C14H21ClN2O/c1-10-7-13(18-2)11(8-12(10)15)3-6-17-9-14(16)4-5-14/h7-8,17H,3-6,9,16H2,1-2H3. The highest BCUT2D eigenvalue weighted by Crippen LogP contribution is 2.31. The second kappa shape index (κ2) is 5.47. The number of aryl methyl sites for hydroxylation is 1. The predicted molar refractivity (Wildman–Crippen MR) is 75.5 cm³/mol. The highest BCUT2D eigenvalue weighted by atomic mass is 35.5. The molecule has 3 nitrogen and oxygen atoms in total. The molecule has 0 atom stereocenters. The molecule has 1 fully saturated rings. The van der Waals surface area contributed by atoms with Crippen molar-refractivity contribution in [2.24, 2.45) is 5.73 Å². The molecule has 1 aromatic rings. The van der Waals surface area contributed by atoms with Crippen LogP contribution in [0.2, 0.25) is 5.02 Å². The number of hydrogen-bond donors (Lipinski definition) is 2. The zero-order chi connectivity index (χ0) is 13.2. The molecule has 0 bridgehead atoms. The summed E-state index contributed by atoms with van der Waals surface area (Å²) in [4.78, 5) is 0. The number of rotatable bonds is 6. The number of nitrogens with two attached hydrogens (primary N) is 1. The van der Waals surface area contributed by atoms with Gasteiger partial charge in [-0.3, -0.25) is 0 Å². The van der Waals surface area contributed by atoms with E-state index in [2.05, 4.69) is 5.32 Å². The average molecular weight is 269 g/mol. The number of ether oxygens (including phenoxy) is 1. The fourth-order valence-electron chi connectivity index (χ4n) is 1.98. The summed E-state index contributed by atoms with van der Waals surface area (Å²) in [7, 11) is 1.69. The summed E-state index contributed by atoms with van der Waals surface area (Å²) in [5, 5.41) is 4.19. The smallest absolute Gasteiger partial charge is 0.122 e. The van der Waals surface area contributed by atoms with Crippen LogP contribution in [0.4, 0.5) is 0 Å². The van der Waals surface area contributed by atoms with Gasteiger partial charge >= 0.3 is 0 Å². The zero-order valence-electron chi connectivity index (χ0n) is 11.1. The normalized spacial score (nSPS) is 16.7. The van der Waals surface area contributed by atoms with Gasteiger partial charge < -0.3 is 15.8 Å². The summed E-state index contributed by atoms with van der Waals surface area (Å²) in [5.74, 6) is 0.910. The van der Waals surface area contributed by atoms with Gasteiger partial charge in [0.15, 0.2) is 0 Å². The third-order valence-electron chi connectivity index (χ3n) is 3.50. The Morgan fingerprint density at radius 1 is 1.44 bits per heavy atom. The number of benzene rings is 1. The molecule has 0 spiro atoms. The molecule has 2 rings (SSSR count). The van der Waals surface area contributed by atoms with Crippen molar-refractivity contribution in [3.8, 4) is 5.75 Å². The zero-order valence-corrected chi connectivity index (χ0v) is 11.8. The van der Waals surface area contributed by atoms with Crippen molar-refractivity contribution >= 4 is 11.6 Å². The third-order valence-corrected chi connectivity index (χ3v) is 3.91. The van der Waals surface area contributed by atoms with Gasteiger partial charge in [0.2, 0.25) is 0 Å². The maximum atomic E-state index is 6.14. The first-order valence-electron chi connectivity index (χ1n) is 6.37. The molecular weight excluding hydrogens is 248 g/mol. The van der Waals surface area contributed by atoms with Gasteiger partial charge in [0.1, 0.15) is 5.75 Å². The average Bonchev–Trinajstić information content (AvgIpc) is 3.07. The molecule has 0 radical (unpaired) electrons. The minimum atomic E-state index is 0.0645. The van der Waals surface area contributed by atoms with E-state index in [0.29, 0.717) is 0 Å². The SMILES string of the molecule is COc1cc(C)c(Cl)cc1CCNCC1(N)CC1. The Labute approximate surface area is 114 Å². The van der Waals surface area contributed by atoms with E-state index in [9.17, 15) is 0 Å². The summed E-state index contributed by atoms with van der Waals surface area (Å²) in [6, 6.07) is 3.98. The van der Waals surface area contributed by atoms with Crippen LogP contribution in [0.3, 0.4) is 0 Å². The minimum Gasteiger partial charge on any atom is -0.496 e. The molecule has 3 N–H and O–H groups in total. The van der Waals surface area contributed by atoms with Gasteiger partial charge in [-0.25, -0.2) is 0 Å². The van der Waals surface area contributed by atoms with Gasteiger partial charge in [-0.15, -0.1) is 0 Å². The summed E-state index contributed by atoms with van der Waals surface area (Å²) in [6.45, 7) is 3.78. The lowest BCUT2D eigenvalue weighted by atomic mass is 10.1. The van der Waals surface area contributed by atoms with Crippen LogP contribution in [-0.2, 0) is 6.42 Å². The molecule has 1 aromatic carbocycles. The molecule has 0 amide bonds. The fourth-order valence-corrected chi connectivity index (χ4v) is 2.17. The van der Waals surface area contributed by atoms with E-state index >= 15 is 0 Å². The highest BCUT2D eigenvalue weighted by molar-refractivity contribution is 6.31. The van der Waals surface area contributed by atoms with Crippen LogP contribution < -0.4 is 15.8 Å². The molecule has 4 heteroatoms. The van der Waals surface area contributed by atoms with E-state index in [1.165, 1.54) is 0 Å². The van der Waals surface area contributed by atoms with E-state index in [1.54, 1.807) is 7.11 Å². The van der Waals surface area contributed by atoms with Crippen LogP contribution in [0, 0.1) is 6.92 Å². The van der Waals surface area contributed by atoms with Gasteiger partial charge in [0.25, 0.3) is 0 Å². The second-order valence-electron chi connectivity index (χ2n) is 5.20. The monoisotopic (exact) mass is 268 g/mol. The lowest BCUT2D eigenvalue weighted by Crippen LogP contribution is -2.36. The Hall–Kier alpha value is -0.770. The lowest BCUT2D eigenvalue weighted by molar-refractivity contribution is 0.408. The number of methoxy groups -OCH3 is 1. The van der Waals surface area contributed by atoms with Gasteiger partial charge in [-0.2, -0.15) is 0 Å². The largest absolute Gasteiger partial charge is 0.496 e. The molecule has 1 aliphatic rings. The van der Waals surface area contributed by atoms with Crippen molar-refractivity contribution in [2.75, 3.05) is 20.2 Å². The van der Waals surface area contributed by atoms with Crippen LogP contribution in [0.5, 0.6) is 5.75 Å². The summed E-state index contributed by atoms with van der Waals surface area (Å²) < 4.78 is 5.38. The molecule has 100 valence electrons. The van der Waals surface area contributed by atoms with Crippen molar-refractivity contribution in [3.63, 3.8) is 0 Å². The molecule has 0 saturated heterocycles. The predicted octanol–water partition coefficient (Wildman–Crippen LogP) is 2.28. The van der Waals surface area contributed by atoms with Crippen molar-refractivity contribution in [3.05, 3.63) is 28.3 Å². The number of nitrogens with one attached hydrogen (secondary N) is 1. The number of halogens is 1. The van der Waals surface area contributed by atoms with Gasteiger partial charge in [0, 0.05) is 17.1 Å². The van der Waals surface area contributed by atoms with E-state index in [1.807, 2.05) is 19.1 Å².